The first-order valence-corrected chi connectivity index (χ1v) is 6.96. The summed E-state index contributed by atoms with van der Waals surface area (Å²) < 4.78 is 0. The van der Waals surface area contributed by atoms with Gasteiger partial charge in [-0.1, -0.05) is 24.6 Å². The molecule has 0 fully saturated rings. The van der Waals surface area contributed by atoms with Crippen LogP contribution in [0.25, 0.3) is 0 Å². The molecule has 1 atom stereocenters. The second-order valence-electron chi connectivity index (χ2n) is 5.67. The zero-order valence-electron chi connectivity index (χ0n) is 12.5. The van der Waals surface area contributed by atoms with Crippen molar-refractivity contribution in [2.24, 2.45) is 0 Å². The number of hydrogen-bond donors (Lipinski definition) is 1. The van der Waals surface area contributed by atoms with Crippen LogP contribution in [0.1, 0.15) is 43.4 Å². The molecule has 1 aliphatic rings. The van der Waals surface area contributed by atoms with E-state index in [0.717, 1.165) is 23.2 Å². The summed E-state index contributed by atoms with van der Waals surface area (Å²) in [6.07, 6.45) is 0.636. The van der Waals surface area contributed by atoms with E-state index < -0.39 is 5.60 Å². The Morgan fingerprint density at radius 3 is 2.55 bits per heavy atom. The number of anilines is 1. The van der Waals surface area contributed by atoms with E-state index in [-0.39, 0.29) is 18.1 Å². The quantitative estimate of drug-likeness (QED) is 0.916. The summed E-state index contributed by atoms with van der Waals surface area (Å²) in [6, 6.07) is 3.81. The average Bonchev–Trinajstić information content (AvgIpc) is 2.52. The van der Waals surface area contributed by atoms with Crippen molar-refractivity contribution in [3.63, 3.8) is 0 Å². The molecule has 2 rings (SSSR count). The Morgan fingerprint density at radius 1 is 1.35 bits per heavy atom. The molecule has 1 aliphatic heterocycles. The van der Waals surface area contributed by atoms with E-state index >= 15 is 0 Å². The summed E-state index contributed by atoms with van der Waals surface area (Å²) in [5.41, 5.74) is 1.58. The lowest BCUT2D eigenvalue weighted by molar-refractivity contribution is -0.141. The minimum Gasteiger partial charge on any atom is -0.375 e. The number of carbonyl (C=O) groups is 2. The molecule has 1 unspecified atom stereocenters. The van der Waals surface area contributed by atoms with Crippen LogP contribution in [0.15, 0.2) is 12.1 Å². The van der Waals surface area contributed by atoms with Gasteiger partial charge in [-0.15, -0.1) is 0 Å². The topological polar surface area (TPSA) is 57.6 Å². The number of rotatable bonds is 4. The van der Waals surface area contributed by atoms with E-state index in [9.17, 15) is 14.7 Å². The normalized spacial score (nSPS) is 21.2. The van der Waals surface area contributed by atoms with Crippen LogP contribution in [0.3, 0.4) is 0 Å². The average molecular weight is 275 g/mol. The fourth-order valence-corrected chi connectivity index (χ4v) is 3.04. The molecule has 0 saturated carbocycles. The molecule has 0 radical (unpaired) electrons. The summed E-state index contributed by atoms with van der Waals surface area (Å²) in [6.45, 7) is 7.79. The third kappa shape index (κ3) is 2.14. The lowest BCUT2D eigenvalue weighted by Crippen LogP contribution is -2.41. The Morgan fingerprint density at radius 2 is 2.00 bits per heavy atom. The van der Waals surface area contributed by atoms with Crippen LogP contribution >= 0.6 is 0 Å². The molecule has 0 aliphatic carbocycles. The lowest BCUT2D eigenvalue weighted by Gasteiger charge is -2.22. The van der Waals surface area contributed by atoms with Gasteiger partial charge in [-0.05, 0) is 32.8 Å². The summed E-state index contributed by atoms with van der Waals surface area (Å²) in [5.74, 6) is -0.567. The van der Waals surface area contributed by atoms with Crippen molar-refractivity contribution in [1.29, 1.82) is 0 Å². The maximum atomic E-state index is 12.6. The maximum Gasteiger partial charge on any atom is 0.264 e. The molecular formula is C16H21NO3. The van der Waals surface area contributed by atoms with Gasteiger partial charge in [-0.2, -0.15) is 0 Å². The van der Waals surface area contributed by atoms with Crippen LogP contribution in [0.4, 0.5) is 5.69 Å². The van der Waals surface area contributed by atoms with E-state index in [4.69, 9.17) is 0 Å². The van der Waals surface area contributed by atoms with E-state index in [1.807, 2.05) is 32.9 Å². The highest BCUT2D eigenvalue weighted by Gasteiger charge is 2.50. The van der Waals surface area contributed by atoms with Crippen molar-refractivity contribution < 1.29 is 14.7 Å². The van der Waals surface area contributed by atoms with E-state index in [2.05, 4.69) is 0 Å². The molecule has 0 bridgehead atoms. The summed E-state index contributed by atoms with van der Waals surface area (Å²) in [7, 11) is 0. The third-order valence-corrected chi connectivity index (χ3v) is 3.71. The largest absolute Gasteiger partial charge is 0.375 e. The Bertz CT molecular complexity index is 579. The number of fused-ring (bicyclic) bond motifs is 1. The number of aryl methyl sites for hydroxylation is 2. The van der Waals surface area contributed by atoms with Crippen LogP contribution < -0.4 is 4.90 Å². The molecule has 1 aromatic rings. The smallest absolute Gasteiger partial charge is 0.264 e. The number of ketones is 1. The highest BCUT2D eigenvalue weighted by atomic mass is 16.3. The highest BCUT2D eigenvalue weighted by molar-refractivity contribution is 6.09. The Balaban J connectivity index is 2.65. The number of aliphatic hydroxyl groups is 1. The van der Waals surface area contributed by atoms with Gasteiger partial charge in [0.1, 0.15) is 5.78 Å². The molecule has 108 valence electrons. The van der Waals surface area contributed by atoms with Gasteiger partial charge in [-0.25, -0.2) is 0 Å². The van der Waals surface area contributed by atoms with Crippen LogP contribution in [0, 0.1) is 13.8 Å². The van der Waals surface area contributed by atoms with Crippen molar-refractivity contribution in [3.8, 4) is 0 Å². The molecule has 4 heteroatoms. The Hall–Kier alpha value is -1.68. The zero-order valence-corrected chi connectivity index (χ0v) is 12.5. The molecule has 4 nitrogen and oxygen atoms in total. The second kappa shape index (κ2) is 5.02. The first-order chi connectivity index (χ1) is 9.31. The number of benzene rings is 1. The van der Waals surface area contributed by atoms with Gasteiger partial charge in [0, 0.05) is 18.5 Å². The van der Waals surface area contributed by atoms with Crippen molar-refractivity contribution in [3.05, 3.63) is 28.8 Å². The fourth-order valence-electron chi connectivity index (χ4n) is 3.04. The number of Topliss-reactive ketones (excluding diaryl/α,β-unsaturated/α-hetero) is 1. The van der Waals surface area contributed by atoms with Crippen molar-refractivity contribution in [2.45, 2.75) is 46.1 Å². The molecule has 0 spiro atoms. The standard InChI is InChI=1S/C16H21NO3/c1-5-6-17-14-11(3)7-10(2)8-13(14)16(20,15(17)19)9-12(4)18/h7-8,20H,5-6,9H2,1-4H3. The predicted molar refractivity (Wildman–Crippen MR) is 77.8 cm³/mol. The van der Waals surface area contributed by atoms with Gasteiger partial charge in [0.2, 0.25) is 0 Å². The molecule has 0 saturated heterocycles. The van der Waals surface area contributed by atoms with Gasteiger partial charge in [-0.3, -0.25) is 9.59 Å². The van der Waals surface area contributed by atoms with E-state index in [1.165, 1.54) is 6.92 Å². The van der Waals surface area contributed by atoms with Crippen molar-refractivity contribution in [1.82, 2.24) is 0 Å². The van der Waals surface area contributed by atoms with Gasteiger partial charge < -0.3 is 10.0 Å². The van der Waals surface area contributed by atoms with Crippen LogP contribution in [0.5, 0.6) is 0 Å². The second-order valence-corrected chi connectivity index (χ2v) is 5.67. The molecule has 1 N–H and O–H groups in total. The van der Waals surface area contributed by atoms with Crippen LogP contribution in [-0.4, -0.2) is 23.3 Å². The first kappa shape index (κ1) is 14.7. The SMILES string of the molecule is CCCN1C(=O)C(O)(CC(C)=O)c2cc(C)cc(C)c21. The van der Waals surface area contributed by atoms with Crippen LogP contribution in [-0.2, 0) is 15.2 Å². The number of carbonyl (C=O) groups excluding carboxylic acids is 2. The predicted octanol–water partition coefficient (Wildman–Crippen LogP) is 2.23. The molecule has 1 heterocycles. The van der Waals surface area contributed by atoms with Gasteiger partial charge >= 0.3 is 0 Å². The summed E-state index contributed by atoms with van der Waals surface area (Å²) in [4.78, 5) is 25.7. The van der Waals surface area contributed by atoms with Gasteiger partial charge in [0.15, 0.2) is 5.60 Å². The van der Waals surface area contributed by atoms with E-state index in [1.54, 1.807) is 4.90 Å². The third-order valence-electron chi connectivity index (χ3n) is 3.71. The molecular weight excluding hydrogens is 254 g/mol. The summed E-state index contributed by atoms with van der Waals surface area (Å²) in [5, 5.41) is 10.8. The monoisotopic (exact) mass is 275 g/mol. The summed E-state index contributed by atoms with van der Waals surface area (Å²) >= 11 is 0. The minimum absolute atomic E-state index is 0.165. The fraction of sp³-hybridized carbons (Fsp3) is 0.500. The van der Waals surface area contributed by atoms with Crippen LogP contribution in [0.2, 0.25) is 0 Å². The number of amides is 1. The highest BCUT2D eigenvalue weighted by Crippen LogP contribution is 2.44. The molecule has 1 aromatic carbocycles. The van der Waals surface area contributed by atoms with Crippen molar-refractivity contribution >= 4 is 17.4 Å². The number of hydrogen-bond acceptors (Lipinski definition) is 3. The maximum absolute atomic E-state index is 12.6. The van der Waals surface area contributed by atoms with Crippen molar-refractivity contribution in [2.75, 3.05) is 11.4 Å². The first-order valence-electron chi connectivity index (χ1n) is 6.96. The van der Waals surface area contributed by atoms with Gasteiger partial charge in [0.05, 0.1) is 5.69 Å². The number of nitrogens with zero attached hydrogens (tertiary/aromatic N) is 1. The Kier molecular flexibility index (Phi) is 3.69. The zero-order chi connectivity index (χ0) is 15.1. The lowest BCUT2D eigenvalue weighted by atomic mass is 9.88. The Labute approximate surface area is 119 Å². The molecule has 1 amide bonds. The molecule has 20 heavy (non-hydrogen) atoms. The van der Waals surface area contributed by atoms with E-state index in [0.29, 0.717) is 12.1 Å². The van der Waals surface area contributed by atoms with Gasteiger partial charge in [0.25, 0.3) is 5.91 Å². The molecule has 0 aromatic heterocycles. The minimum atomic E-state index is -1.70.